The smallest absolute Gasteiger partial charge is 0.265 e. The van der Waals surface area contributed by atoms with E-state index in [9.17, 15) is 9.59 Å². The highest BCUT2D eigenvalue weighted by molar-refractivity contribution is 7.20. The zero-order valence-electron chi connectivity index (χ0n) is 15.2. The number of carbonyl (C=O) groups excluding carboxylic acids is 2. The Morgan fingerprint density at radius 2 is 1.83 bits per heavy atom. The van der Waals surface area contributed by atoms with Crippen LogP contribution in [0.1, 0.15) is 20.0 Å². The summed E-state index contributed by atoms with van der Waals surface area (Å²) in [6.45, 7) is 0. The summed E-state index contributed by atoms with van der Waals surface area (Å²) in [7, 11) is 1.50. The maximum atomic E-state index is 12.6. The molecule has 3 N–H and O–H groups in total. The SMILES string of the molecule is COc1ccccc1C(=O)Nc1[nH]nc2sc(C(=O)Nc3ccc(Cl)cc3)cc12. The minimum absolute atomic E-state index is 0.266. The van der Waals surface area contributed by atoms with Gasteiger partial charge in [-0.2, -0.15) is 5.10 Å². The Morgan fingerprint density at radius 1 is 1.07 bits per heavy atom. The predicted octanol–water partition coefficient (Wildman–Crippen LogP) is 4.79. The molecule has 2 amide bonds. The number of H-pyrrole nitrogens is 1. The van der Waals surface area contributed by atoms with Crippen LogP contribution in [-0.2, 0) is 0 Å². The molecule has 0 radical (unpaired) electrons. The van der Waals surface area contributed by atoms with Crippen LogP contribution in [0.25, 0.3) is 10.2 Å². The minimum Gasteiger partial charge on any atom is -0.496 e. The van der Waals surface area contributed by atoms with E-state index in [1.807, 2.05) is 0 Å². The molecule has 146 valence electrons. The highest BCUT2D eigenvalue weighted by atomic mass is 35.5. The fourth-order valence-corrected chi connectivity index (χ4v) is 3.77. The number of aromatic nitrogens is 2. The summed E-state index contributed by atoms with van der Waals surface area (Å²) in [5, 5.41) is 13.8. The Hall–Kier alpha value is -3.36. The number of nitrogens with one attached hydrogen (secondary N) is 3. The molecule has 29 heavy (non-hydrogen) atoms. The Labute approximate surface area is 174 Å². The van der Waals surface area contributed by atoms with Crippen molar-refractivity contribution in [1.29, 1.82) is 0 Å². The number of aromatic amines is 1. The van der Waals surface area contributed by atoms with Crippen LogP contribution in [0, 0.1) is 0 Å². The number of hydrogen-bond donors (Lipinski definition) is 3. The lowest BCUT2D eigenvalue weighted by molar-refractivity contribution is 0.101. The number of halogens is 1. The summed E-state index contributed by atoms with van der Waals surface area (Å²) in [4.78, 5) is 26.2. The molecule has 0 fully saturated rings. The first kappa shape index (κ1) is 19.0. The standard InChI is InChI=1S/C20H15ClN4O3S/c1-28-15-5-3-2-4-13(15)18(26)23-17-14-10-16(29-20(14)25-24-17)19(27)22-12-8-6-11(21)7-9-12/h2-10H,1H3,(H,22,27)(H2,23,24,25,26). The van der Waals surface area contributed by atoms with E-state index in [0.717, 1.165) is 0 Å². The first-order valence-corrected chi connectivity index (χ1v) is 9.74. The number of amides is 2. The van der Waals surface area contributed by atoms with Crippen molar-refractivity contribution in [3.63, 3.8) is 0 Å². The molecule has 0 unspecified atom stereocenters. The molecule has 9 heteroatoms. The van der Waals surface area contributed by atoms with Gasteiger partial charge in [-0.15, -0.1) is 11.3 Å². The van der Waals surface area contributed by atoms with E-state index in [0.29, 0.717) is 42.9 Å². The van der Waals surface area contributed by atoms with Gasteiger partial charge >= 0.3 is 0 Å². The van der Waals surface area contributed by atoms with Gasteiger partial charge in [0.2, 0.25) is 0 Å². The molecule has 0 atom stereocenters. The van der Waals surface area contributed by atoms with Crippen LogP contribution in [-0.4, -0.2) is 29.1 Å². The molecular formula is C20H15ClN4O3S. The Morgan fingerprint density at radius 3 is 2.59 bits per heavy atom. The molecule has 0 aliphatic carbocycles. The topological polar surface area (TPSA) is 96.1 Å². The summed E-state index contributed by atoms with van der Waals surface area (Å²) < 4.78 is 5.23. The third kappa shape index (κ3) is 3.94. The second-order valence-corrected chi connectivity index (χ2v) is 7.51. The van der Waals surface area contributed by atoms with Crippen LogP contribution >= 0.6 is 22.9 Å². The van der Waals surface area contributed by atoms with Gasteiger partial charge in [-0.3, -0.25) is 14.7 Å². The lowest BCUT2D eigenvalue weighted by atomic mass is 10.2. The van der Waals surface area contributed by atoms with Gasteiger partial charge in [0.1, 0.15) is 16.4 Å². The van der Waals surface area contributed by atoms with Gasteiger partial charge in [-0.05, 0) is 42.5 Å². The fourth-order valence-electron chi connectivity index (χ4n) is 2.76. The normalized spacial score (nSPS) is 10.7. The largest absolute Gasteiger partial charge is 0.496 e. The van der Waals surface area contributed by atoms with E-state index in [4.69, 9.17) is 16.3 Å². The number of hydrogen-bond acceptors (Lipinski definition) is 5. The lowest BCUT2D eigenvalue weighted by Gasteiger charge is -2.07. The van der Waals surface area contributed by atoms with E-state index in [1.54, 1.807) is 54.6 Å². The monoisotopic (exact) mass is 426 g/mol. The van der Waals surface area contributed by atoms with Crippen LogP contribution in [0.15, 0.2) is 54.6 Å². The molecule has 4 rings (SSSR count). The average molecular weight is 427 g/mol. The van der Waals surface area contributed by atoms with Gasteiger partial charge in [-0.25, -0.2) is 0 Å². The predicted molar refractivity (Wildman–Crippen MR) is 114 cm³/mol. The number of methoxy groups -OCH3 is 1. The third-order valence-electron chi connectivity index (χ3n) is 4.17. The molecule has 0 saturated carbocycles. The molecule has 2 heterocycles. The van der Waals surface area contributed by atoms with Crippen LogP contribution in [0.5, 0.6) is 5.75 Å². The molecule has 0 aliphatic heterocycles. The number of thiophene rings is 1. The van der Waals surface area contributed by atoms with Crippen molar-refractivity contribution in [3.05, 3.63) is 70.1 Å². The quantitative estimate of drug-likeness (QED) is 0.427. The summed E-state index contributed by atoms with van der Waals surface area (Å²) in [5.74, 6) is 0.274. The highest BCUT2D eigenvalue weighted by Gasteiger charge is 2.18. The molecule has 0 spiro atoms. The minimum atomic E-state index is -0.341. The number of para-hydroxylation sites is 1. The zero-order valence-corrected chi connectivity index (χ0v) is 16.7. The number of nitrogens with zero attached hydrogens (tertiary/aromatic N) is 1. The van der Waals surface area contributed by atoms with Crippen LogP contribution < -0.4 is 15.4 Å². The van der Waals surface area contributed by atoms with Gasteiger partial charge in [0.15, 0.2) is 0 Å². The molecule has 2 aromatic carbocycles. The maximum Gasteiger partial charge on any atom is 0.265 e. The van der Waals surface area contributed by atoms with E-state index >= 15 is 0 Å². The van der Waals surface area contributed by atoms with Crippen molar-refractivity contribution < 1.29 is 14.3 Å². The number of ether oxygens (including phenoxy) is 1. The molecule has 0 bridgehead atoms. The molecule has 0 aliphatic rings. The number of rotatable bonds is 5. The van der Waals surface area contributed by atoms with Gasteiger partial charge in [0, 0.05) is 10.7 Å². The summed E-state index contributed by atoms with van der Waals surface area (Å²) >= 11 is 7.08. The lowest BCUT2D eigenvalue weighted by Crippen LogP contribution is -2.13. The molecule has 0 saturated heterocycles. The first-order valence-electron chi connectivity index (χ1n) is 8.54. The van der Waals surface area contributed by atoms with Crippen molar-refractivity contribution in [2.75, 3.05) is 17.7 Å². The number of fused-ring (bicyclic) bond motifs is 1. The molecule has 2 aromatic heterocycles. The van der Waals surface area contributed by atoms with E-state index < -0.39 is 0 Å². The summed E-state index contributed by atoms with van der Waals surface area (Å²) in [5.41, 5.74) is 1.03. The maximum absolute atomic E-state index is 12.6. The van der Waals surface area contributed by atoms with Crippen molar-refractivity contribution in [1.82, 2.24) is 10.2 Å². The van der Waals surface area contributed by atoms with E-state index in [2.05, 4.69) is 20.8 Å². The zero-order chi connectivity index (χ0) is 20.4. The van der Waals surface area contributed by atoms with Crippen molar-refractivity contribution in [2.45, 2.75) is 0 Å². The van der Waals surface area contributed by atoms with Crippen molar-refractivity contribution in [2.24, 2.45) is 0 Å². The molecular weight excluding hydrogens is 412 g/mol. The van der Waals surface area contributed by atoms with Gasteiger partial charge in [0.25, 0.3) is 11.8 Å². The van der Waals surface area contributed by atoms with Crippen molar-refractivity contribution in [3.8, 4) is 5.75 Å². The number of benzene rings is 2. The third-order valence-corrected chi connectivity index (χ3v) is 5.45. The summed E-state index contributed by atoms with van der Waals surface area (Å²) in [6.07, 6.45) is 0. The van der Waals surface area contributed by atoms with Gasteiger partial charge in [-0.1, -0.05) is 23.7 Å². The van der Waals surface area contributed by atoms with Crippen LogP contribution in [0.2, 0.25) is 5.02 Å². The van der Waals surface area contributed by atoms with Crippen LogP contribution in [0.3, 0.4) is 0 Å². The Bertz CT molecular complexity index is 1200. The van der Waals surface area contributed by atoms with Crippen molar-refractivity contribution >= 4 is 56.5 Å². The van der Waals surface area contributed by atoms with Crippen LogP contribution in [0.4, 0.5) is 11.5 Å². The second-order valence-electron chi connectivity index (χ2n) is 6.04. The van der Waals surface area contributed by atoms with Gasteiger partial charge < -0.3 is 15.4 Å². The first-order chi connectivity index (χ1) is 14.0. The number of anilines is 2. The molecule has 4 aromatic rings. The Balaban J connectivity index is 1.55. The highest BCUT2D eigenvalue weighted by Crippen LogP contribution is 2.30. The molecule has 7 nitrogen and oxygen atoms in total. The second kappa shape index (κ2) is 7.94. The fraction of sp³-hybridized carbons (Fsp3) is 0.0500. The van der Waals surface area contributed by atoms with E-state index in [1.165, 1.54) is 18.4 Å². The number of carbonyl (C=O) groups is 2. The van der Waals surface area contributed by atoms with E-state index in [-0.39, 0.29) is 11.8 Å². The average Bonchev–Trinajstić information content (AvgIpc) is 3.31. The Kier molecular flexibility index (Phi) is 5.20. The summed E-state index contributed by atoms with van der Waals surface area (Å²) in [6, 6.07) is 15.4. The van der Waals surface area contributed by atoms with Gasteiger partial charge in [0.05, 0.1) is 22.9 Å².